The van der Waals surface area contributed by atoms with Crippen LogP contribution in [0, 0.1) is 5.92 Å². The number of hydrogen-bond donors (Lipinski definition) is 1. The fourth-order valence-electron chi connectivity index (χ4n) is 2.63. The van der Waals surface area contributed by atoms with Gasteiger partial charge in [0, 0.05) is 13.1 Å². The van der Waals surface area contributed by atoms with Crippen LogP contribution in [0.4, 0.5) is 13.2 Å². The van der Waals surface area contributed by atoms with Crippen LogP contribution < -0.4 is 5.32 Å². The van der Waals surface area contributed by atoms with Crippen molar-refractivity contribution in [2.24, 2.45) is 5.92 Å². The van der Waals surface area contributed by atoms with Gasteiger partial charge in [0.1, 0.15) is 6.54 Å². The fourth-order valence-corrected chi connectivity index (χ4v) is 2.63. The van der Waals surface area contributed by atoms with E-state index in [2.05, 4.69) is 0 Å². The third kappa shape index (κ3) is 5.58. The number of hydrogen-bond acceptors (Lipinski definition) is 2. The van der Waals surface area contributed by atoms with Crippen LogP contribution in [0.2, 0.25) is 0 Å². The summed E-state index contributed by atoms with van der Waals surface area (Å²) in [5.41, 5.74) is 0.876. The van der Waals surface area contributed by atoms with E-state index in [1.165, 1.54) is 0 Å². The van der Waals surface area contributed by atoms with Crippen LogP contribution in [0.25, 0.3) is 0 Å². The lowest BCUT2D eigenvalue weighted by molar-refractivity contribution is -0.143. The van der Waals surface area contributed by atoms with Crippen LogP contribution >= 0.6 is 0 Å². The molecule has 0 aliphatic carbocycles. The van der Waals surface area contributed by atoms with Gasteiger partial charge in [0.25, 0.3) is 0 Å². The first-order valence-electron chi connectivity index (χ1n) is 7.51. The fraction of sp³-hybridized carbons (Fsp3) is 0.500. The second kappa shape index (κ2) is 7.48. The summed E-state index contributed by atoms with van der Waals surface area (Å²) >= 11 is 0. The van der Waals surface area contributed by atoms with E-state index >= 15 is 0 Å². The van der Waals surface area contributed by atoms with E-state index in [-0.39, 0.29) is 18.9 Å². The Morgan fingerprint density at radius 1 is 1.22 bits per heavy atom. The number of piperidine rings is 1. The van der Waals surface area contributed by atoms with Gasteiger partial charge in [0.2, 0.25) is 11.8 Å². The molecule has 0 aromatic heterocycles. The molecule has 1 aliphatic heterocycles. The number of carbonyl (C=O) groups excluding carboxylic acids is 2. The minimum atomic E-state index is -4.42. The molecule has 2 rings (SSSR count). The highest BCUT2D eigenvalue weighted by atomic mass is 19.4. The molecule has 0 spiro atoms. The molecule has 0 unspecified atom stereocenters. The molecule has 1 N–H and O–H groups in total. The topological polar surface area (TPSA) is 49.4 Å². The lowest BCUT2D eigenvalue weighted by Gasteiger charge is -2.32. The monoisotopic (exact) mass is 328 g/mol. The number of alkyl halides is 3. The molecule has 7 heteroatoms. The Morgan fingerprint density at radius 2 is 1.91 bits per heavy atom. The van der Waals surface area contributed by atoms with Gasteiger partial charge in [-0.15, -0.1) is 0 Å². The van der Waals surface area contributed by atoms with Crippen LogP contribution in [0.5, 0.6) is 0 Å². The summed E-state index contributed by atoms with van der Waals surface area (Å²) in [7, 11) is 0. The van der Waals surface area contributed by atoms with Crippen LogP contribution in [0.1, 0.15) is 18.4 Å². The van der Waals surface area contributed by atoms with Crippen molar-refractivity contribution in [1.29, 1.82) is 0 Å². The summed E-state index contributed by atoms with van der Waals surface area (Å²) in [5, 5.41) is 1.90. The minimum absolute atomic E-state index is 0.107. The van der Waals surface area contributed by atoms with Crippen molar-refractivity contribution >= 4 is 11.8 Å². The number of likely N-dealkylation sites (tertiary alicyclic amines) is 1. The molecule has 1 fully saturated rings. The van der Waals surface area contributed by atoms with E-state index in [0.717, 1.165) is 5.56 Å². The highest BCUT2D eigenvalue weighted by molar-refractivity contribution is 5.82. The van der Waals surface area contributed by atoms with Gasteiger partial charge in [-0.2, -0.15) is 13.2 Å². The number of amides is 2. The molecule has 1 saturated heterocycles. The Morgan fingerprint density at radius 3 is 2.57 bits per heavy atom. The zero-order valence-corrected chi connectivity index (χ0v) is 12.6. The van der Waals surface area contributed by atoms with Crippen LogP contribution in [-0.2, 0) is 16.0 Å². The average Bonchev–Trinajstić information content (AvgIpc) is 2.53. The molecule has 23 heavy (non-hydrogen) atoms. The van der Waals surface area contributed by atoms with E-state index in [4.69, 9.17) is 0 Å². The standard InChI is InChI=1S/C16H19F3N2O2/c17-16(18,19)11-20-15(23)13-7-4-8-21(10-13)14(22)9-12-5-2-1-3-6-12/h1-3,5-6,13H,4,7-11H2,(H,20,23)/t13-/m0/s1. The summed E-state index contributed by atoms with van der Waals surface area (Å²) in [6.07, 6.45) is -3.08. The van der Waals surface area contributed by atoms with Crippen molar-refractivity contribution in [3.05, 3.63) is 35.9 Å². The maximum atomic E-state index is 12.3. The molecule has 2 amide bonds. The molecule has 1 heterocycles. The van der Waals surface area contributed by atoms with E-state index in [9.17, 15) is 22.8 Å². The normalized spacial score (nSPS) is 18.6. The Balaban J connectivity index is 1.87. The van der Waals surface area contributed by atoms with Gasteiger partial charge >= 0.3 is 6.18 Å². The summed E-state index contributed by atoms with van der Waals surface area (Å²) in [6, 6.07) is 9.22. The van der Waals surface area contributed by atoms with Crippen LogP contribution in [-0.4, -0.2) is 42.5 Å². The van der Waals surface area contributed by atoms with E-state index in [1.54, 1.807) is 4.90 Å². The highest BCUT2D eigenvalue weighted by Crippen LogP contribution is 2.19. The lowest BCUT2D eigenvalue weighted by atomic mass is 9.96. The van der Waals surface area contributed by atoms with Gasteiger partial charge in [-0.1, -0.05) is 30.3 Å². The number of nitrogens with zero attached hydrogens (tertiary/aromatic N) is 1. The first kappa shape index (κ1) is 17.3. The highest BCUT2D eigenvalue weighted by Gasteiger charge is 2.32. The van der Waals surface area contributed by atoms with Gasteiger partial charge in [-0.25, -0.2) is 0 Å². The maximum Gasteiger partial charge on any atom is 0.405 e. The van der Waals surface area contributed by atoms with Crippen LogP contribution in [0.15, 0.2) is 30.3 Å². The predicted molar refractivity (Wildman–Crippen MR) is 78.5 cm³/mol. The van der Waals surface area contributed by atoms with Crippen molar-refractivity contribution in [1.82, 2.24) is 10.2 Å². The summed E-state index contributed by atoms with van der Waals surface area (Å²) < 4.78 is 36.5. The molecule has 1 aromatic carbocycles. The third-order valence-corrected chi connectivity index (χ3v) is 3.81. The zero-order chi connectivity index (χ0) is 16.9. The minimum Gasteiger partial charge on any atom is -0.347 e. The van der Waals surface area contributed by atoms with Crippen LogP contribution in [0.3, 0.4) is 0 Å². The van der Waals surface area contributed by atoms with Crippen molar-refractivity contribution in [3.8, 4) is 0 Å². The number of nitrogens with one attached hydrogen (secondary N) is 1. The smallest absolute Gasteiger partial charge is 0.347 e. The first-order valence-corrected chi connectivity index (χ1v) is 7.51. The van der Waals surface area contributed by atoms with E-state index < -0.39 is 24.5 Å². The van der Waals surface area contributed by atoms with Gasteiger partial charge in [-0.05, 0) is 18.4 Å². The number of benzene rings is 1. The summed E-state index contributed by atoms with van der Waals surface area (Å²) in [4.78, 5) is 25.7. The molecule has 0 saturated carbocycles. The van der Waals surface area contributed by atoms with E-state index in [0.29, 0.717) is 19.4 Å². The first-order chi connectivity index (χ1) is 10.8. The number of rotatable bonds is 4. The third-order valence-electron chi connectivity index (χ3n) is 3.81. The molecule has 126 valence electrons. The second-order valence-corrected chi connectivity index (χ2v) is 5.67. The van der Waals surface area contributed by atoms with Crippen molar-refractivity contribution < 1.29 is 22.8 Å². The molecular formula is C16H19F3N2O2. The zero-order valence-electron chi connectivity index (χ0n) is 12.6. The lowest BCUT2D eigenvalue weighted by Crippen LogP contribution is -2.47. The number of halogens is 3. The Hall–Kier alpha value is -2.05. The molecule has 4 nitrogen and oxygen atoms in total. The van der Waals surface area contributed by atoms with Crippen molar-refractivity contribution in [2.75, 3.05) is 19.6 Å². The molecule has 1 atom stereocenters. The van der Waals surface area contributed by atoms with Gasteiger partial charge in [0.05, 0.1) is 12.3 Å². The Bertz CT molecular complexity index is 546. The predicted octanol–water partition coefficient (Wildman–Crippen LogP) is 2.15. The molecule has 1 aliphatic rings. The molecule has 0 bridgehead atoms. The summed E-state index contributed by atoms with van der Waals surface area (Å²) in [6.45, 7) is -0.621. The summed E-state index contributed by atoms with van der Waals surface area (Å²) in [5.74, 6) is -1.32. The van der Waals surface area contributed by atoms with Crippen molar-refractivity contribution in [3.63, 3.8) is 0 Å². The Labute approximate surface area is 132 Å². The van der Waals surface area contributed by atoms with Gasteiger partial charge < -0.3 is 10.2 Å². The van der Waals surface area contributed by atoms with E-state index in [1.807, 2.05) is 35.6 Å². The second-order valence-electron chi connectivity index (χ2n) is 5.67. The maximum absolute atomic E-state index is 12.3. The van der Waals surface area contributed by atoms with Gasteiger partial charge in [-0.3, -0.25) is 9.59 Å². The van der Waals surface area contributed by atoms with Gasteiger partial charge in [0.15, 0.2) is 0 Å². The molecule has 1 aromatic rings. The Kier molecular flexibility index (Phi) is 5.63. The SMILES string of the molecule is O=C(NCC(F)(F)F)[C@H]1CCCN(C(=O)Cc2ccccc2)C1. The molecular weight excluding hydrogens is 309 g/mol. The molecule has 0 radical (unpaired) electrons. The quantitative estimate of drug-likeness (QED) is 0.921. The largest absolute Gasteiger partial charge is 0.405 e. The van der Waals surface area contributed by atoms with Crippen molar-refractivity contribution in [2.45, 2.75) is 25.4 Å². The number of carbonyl (C=O) groups is 2. The average molecular weight is 328 g/mol.